The highest BCUT2D eigenvalue weighted by atomic mass is 16.5. The zero-order chi connectivity index (χ0) is 20.5. The van der Waals surface area contributed by atoms with Crippen molar-refractivity contribution >= 4 is 12.0 Å². The molecule has 2 rings (SSSR count). The van der Waals surface area contributed by atoms with Gasteiger partial charge in [-0.1, -0.05) is 6.07 Å². The first-order chi connectivity index (χ1) is 13.5. The number of aromatic hydroxyl groups is 1. The van der Waals surface area contributed by atoms with E-state index in [1.54, 1.807) is 32.4 Å². The van der Waals surface area contributed by atoms with Crippen molar-refractivity contribution in [2.45, 2.75) is 6.42 Å². The Morgan fingerprint density at radius 3 is 2.07 bits per heavy atom. The zero-order valence-corrected chi connectivity index (χ0v) is 16.4. The van der Waals surface area contributed by atoms with Crippen molar-refractivity contribution in [1.29, 1.82) is 0 Å². The number of methoxy groups -OCH3 is 4. The van der Waals surface area contributed by atoms with Crippen molar-refractivity contribution < 1.29 is 33.6 Å². The van der Waals surface area contributed by atoms with Gasteiger partial charge in [-0.25, -0.2) is 4.79 Å². The molecule has 1 N–H and O–H groups in total. The third kappa shape index (κ3) is 5.33. The molecule has 0 aliphatic heterocycles. The van der Waals surface area contributed by atoms with Gasteiger partial charge >= 0.3 is 5.97 Å². The van der Waals surface area contributed by atoms with Gasteiger partial charge in [0, 0.05) is 12.5 Å². The van der Waals surface area contributed by atoms with Crippen LogP contribution >= 0.6 is 0 Å². The number of hydrogen-bond acceptors (Lipinski definition) is 7. The minimum atomic E-state index is -0.480. The van der Waals surface area contributed by atoms with E-state index in [2.05, 4.69) is 0 Å². The molecule has 0 fully saturated rings. The van der Waals surface area contributed by atoms with Crippen molar-refractivity contribution in [2.75, 3.05) is 35.0 Å². The summed E-state index contributed by atoms with van der Waals surface area (Å²) in [6.45, 7) is 0.223. The highest BCUT2D eigenvalue weighted by Gasteiger charge is 2.10. The maximum atomic E-state index is 11.9. The lowest BCUT2D eigenvalue weighted by Crippen LogP contribution is -2.05. The maximum Gasteiger partial charge on any atom is 0.330 e. The van der Waals surface area contributed by atoms with Crippen LogP contribution < -0.4 is 18.9 Å². The first kappa shape index (κ1) is 21.0. The van der Waals surface area contributed by atoms with E-state index in [9.17, 15) is 9.90 Å². The fraction of sp³-hybridized carbons (Fsp3) is 0.286. The van der Waals surface area contributed by atoms with Gasteiger partial charge in [0.25, 0.3) is 0 Å². The average Bonchev–Trinajstić information content (AvgIpc) is 2.72. The molecule has 0 aliphatic rings. The van der Waals surface area contributed by atoms with Crippen LogP contribution in [-0.2, 0) is 16.0 Å². The predicted octanol–water partition coefficient (Wildman–Crippen LogP) is 3.23. The normalized spacial score (nSPS) is 10.6. The smallest absolute Gasteiger partial charge is 0.330 e. The average molecular weight is 388 g/mol. The van der Waals surface area contributed by atoms with Crippen molar-refractivity contribution in [3.63, 3.8) is 0 Å². The van der Waals surface area contributed by atoms with Gasteiger partial charge < -0.3 is 28.8 Å². The molecule has 28 heavy (non-hydrogen) atoms. The van der Waals surface area contributed by atoms with Crippen LogP contribution in [0.3, 0.4) is 0 Å². The van der Waals surface area contributed by atoms with E-state index in [4.69, 9.17) is 23.7 Å². The van der Waals surface area contributed by atoms with Gasteiger partial charge in [0.15, 0.2) is 23.0 Å². The molecule has 7 nitrogen and oxygen atoms in total. The summed E-state index contributed by atoms with van der Waals surface area (Å²) >= 11 is 0. The van der Waals surface area contributed by atoms with Crippen LogP contribution in [0.4, 0.5) is 0 Å². The molecule has 0 unspecified atom stereocenters. The minimum absolute atomic E-state index is 0.0975. The summed E-state index contributed by atoms with van der Waals surface area (Å²) in [5.74, 6) is 1.19. The standard InChI is InChI=1S/C21H24O7/c1-24-16-7-5-14(11-17(16)25-2)9-10-28-20(22)8-6-15-12-18(26-3)21(23)19(13-15)27-4/h5-8,11-13,23H,9-10H2,1-4H3/b8-6+. The summed E-state index contributed by atoms with van der Waals surface area (Å²) in [5.41, 5.74) is 1.59. The molecule has 0 bridgehead atoms. The first-order valence-electron chi connectivity index (χ1n) is 8.53. The van der Waals surface area contributed by atoms with Crippen molar-refractivity contribution in [3.8, 4) is 28.7 Å². The summed E-state index contributed by atoms with van der Waals surface area (Å²) in [7, 11) is 6.01. The second-order valence-corrected chi connectivity index (χ2v) is 5.71. The van der Waals surface area contributed by atoms with Crippen LogP contribution in [0.25, 0.3) is 6.08 Å². The zero-order valence-electron chi connectivity index (χ0n) is 16.4. The van der Waals surface area contributed by atoms with Crippen LogP contribution in [-0.4, -0.2) is 46.1 Å². The van der Waals surface area contributed by atoms with E-state index in [1.807, 2.05) is 18.2 Å². The Hall–Kier alpha value is -3.35. The highest BCUT2D eigenvalue weighted by Crippen LogP contribution is 2.37. The largest absolute Gasteiger partial charge is 0.502 e. The van der Waals surface area contributed by atoms with E-state index in [-0.39, 0.29) is 23.9 Å². The maximum absolute atomic E-state index is 11.9. The second kappa shape index (κ2) is 10.1. The van der Waals surface area contributed by atoms with Gasteiger partial charge in [0.05, 0.1) is 35.0 Å². The lowest BCUT2D eigenvalue weighted by Gasteiger charge is -2.10. The highest BCUT2D eigenvalue weighted by molar-refractivity contribution is 5.87. The Balaban J connectivity index is 1.94. The van der Waals surface area contributed by atoms with Gasteiger partial charge in [-0.3, -0.25) is 0 Å². The fourth-order valence-electron chi connectivity index (χ4n) is 2.53. The van der Waals surface area contributed by atoms with E-state index >= 15 is 0 Å². The van der Waals surface area contributed by atoms with Crippen LogP contribution in [0.5, 0.6) is 28.7 Å². The van der Waals surface area contributed by atoms with Gasteiger partial charge in [-0.2, -0.15) is 0 Å². The second-order valence-electron chi connectivity index (χ2n) is 5.71. The molecule has 0 amide bonds. The lowest BCUT2D eigenvalue weighted by molar-refractivity contribution is -0.137. The Morgan fingerprint density at radius 2 is 1.50 bits per heavy atom. The van der Waals surface area contributed by atoms with Crippen LogP contribution in [0, 0.1) is 0 Å². The summed E-state index contributed by atoms with van der Waals surface area (Å²) < 4.78 is 25.8. The molecule has 0 heterocycles. The summed E-state index contributed by atoms with van der Waals surface area (Å²) in [6.07, 6.45) is 3.41. The summed E-state index contributed by atoms with van der Waals surface area (Å²) in [6, 6.07) is 8.72. The molecule has 0 aliphatic carbocycles. The number of ether oxygens (including phenoxy) is 5. The van der Waals surface area contributed by atoms with E-state index in [0.717, 1.165) is 5.56 Å². The number of carbonyl (C=O) groups is 1. The van der Waals surface area contributed by atoms with Crippen LogP contribution in [0.15, 0.2) is 36.4 Å². The van der Waals surface area contributed by atoms with Crippen LogP contribution in [0.2, 0.25) is 0 Å². The molecule has 0 radical (unpaired) electrons. The molecular weight excluding hydrogens is 364 g/mol. The molecular formula is C21H24O7. The number of rotatable bonds is 9. The van der Waals surface area contributed by atoms with Crippen LogP contribution in [0.1, 0.15) is 11.1 Å². The molecule has 2 aromatic carbocycles. The molecule has 0 saturated heterocycles. The third-order valence-electron chi connectivity index (χ3n) is 4.00. The Morgan fingerprint density at radius 1 is 0.893 bits per heavy atom. The molecule has 0 spiro atoms. The van der Waals surface area contributed by atoms with Gasteiger partial charge in [0.1, 0.15) is 0 Å². The molecule has 0 saturated carbocycles. The molecule has 0 aromatic heterocycles. The lowest BCUT2D eigenvalue weighted by atomic mass is 10.1. The SMILES string of the molecule is COc1ccc(CCOC(=O)/C=C/c2cc(OC)c(O)c(OC)c2)cc1OC. The van der Waals surface area contributed by atoms with E-state index in [1.165, 1.54) is 20.3 Å². The topological polar surface area (TPSA) is 83.5 Å². The Bertz CT molecular complexity index is 818. The van der Waals surface area contributed by atoms with Gasteiger partial charge in [0.2, 0.25) is 5.75 Å². The molecule has 2 aromatic rings. The van der Waals surface area contributed by atoms with Gasteiger partial charge in [-0.15, -0.1) is 0 Å². The Labute approximate surface area is 164 Å². The monoisotopic (exact) mass is 388 g/mol. The van der Waals surface area contributed by atoms with E-state index in [0.29, 0.717) is 23.5 Å². The number of esters is 1. The predicted molar refractivity (Wildman–Crippen MR) is 104 cm³/mol. The van der Waals surface area contributed by atoms with Crippen molar-refractivity contribution in [2.24, 2.45) is 0 Å². The summed E-state index contributed by atoms with van der Waals surface area (Å²) in [4.78, 5) is 11.9. The number of hydrogen-bond donors (Lipinski definition) is 1. The Kier molecular flexibility index (Phi) is 7.56. The molecule has 150 valence electrons. The quantitative estimate of drug-likeness (QED) is 0.522. The number of carbonyl (C=O) groups excluding carboxylic acids is 1. The fourth-order valence-corrected chi connectivity index (χ4v) is 2.53. The third-order valence-corrected chi connectivity index (χ3v) is 4.00. The molecule has 0 atom stereocenters. The molecule has 7 heteroatoms. The van der Waals surface area contributed by atoms with Crippen molar-refractivity contribution in [1.82, 2.24) is 0 Å². The summed E-state index contributed by atoms with van der Waals surface area (Å²) in [5, 5.41) is 9.90. The van der Waals surface area contributed by atoms with Crippen molar-refractivity contribution in [3.05, 3.63) is 47.5 Å². The number of benzene rings is 2. The van der Waals surface area contributed by atoms with E-state index < -0.39 is 5.97 Å². The number of phenolic OH excluding ortho intramolecular Hbond substituents is 1. The number of phenols is 1. The van der Waals surface area contributed by atoms with Gasteiger partial charge in [-0.05, 0) is 41.5 Å². The first-order valence-corrected chi connectivity index (χ1v) is 8.53. The minimum Gasteiger partial charge on any atom is -0.502 e.